The van der Waals surface area contributed by atoms with Crippen molar-refractivity contribution in [2.75, 3.05) is 0 Å². The van der Waals surface area contributed by atoms with Gasteiger partial charge >= 0.3 is 0 Å². The van der Waals surface area contributed by atoms with E-state index in [9.17, 15) is 20.0 Å². The molecule has 152 valence electrons. The number of aryl methyl sites for hydroxylation is 1. The molecule has 0 unspecified atom stereocenters. The van der Waals surface area contributed by atoms with Crippen molar-refractivity contribution in [3.63, 3.8) is 0 Å². The van der Waals surface area contributed by atoms with E-state index in [1.807, 2.05) is 61.5 Å². The van der Waals surface area contributed by atoms with E-state index < -0.39 is 29.4 Å². The van der Waals surface area contributed by atoms with Crippen LogP contribution in [0.4, 0.5) is 0 Å². The molecule has 0 radical (unpaired) electrons. The lowest BCUT2D eigenvalue weighted by Gasteiger charge is -2.54. The Balaban J connectivity index is 1.93. The number of rotatable bonds is 4. The number of aliphatic hydroxyl groups is 1. The van der Waals surface area contributed by atoms with E-state index >= 15 is 0 Å². The third-order valence-electron chi connectivity index (χ3n) is 7.15. The Bertz CT molecular complexity index is 882. The molecular formula is C24H27NO4. The summed E-state index contributed by atoms with van der Waals surface area (Å²) in [6.07, 6.45) is 3.74. The third-order valence-corrected chi connectivity index (χ3v) is 7.15. The van der Waals surface area contributed by atoms with Gasteiger partial charge in [-0.3, -0.25) is 10.1 Å². The first-order chi connectivity index (χ1) is 14.0. The molecule has 29 heavy (non-hydrogen) atoms. The molecule has 2 aliphatic rings. The molecule has 2 aliphatic carbocycles. The van der Waals surface area contributed by atoms with E-state index in [0.717, 1.165) is 35.8 Å². The van der Waals surface area contributed by atoms with Gasteiger partial charge in [0.2, 0.25) is 6.04 Å². The molecule has 2 aromatic rings. The Morgan fingerprint density at radius 2 is 1.69 bits per heavy atom. The van der Waals surface area contributed by atoms with Gasteiger partial charge in [-0.1, -0.05) is 73.0 Å². The highest BCUT2D eigenvalue weighted by Gasteiger charge is 2.63. The molecule has 0 aliphatic heterocycles. The van der Waals surface area contributed by atoms with Gasteiger partial charge in [-0.2, -0.15) is 0 Å². The van der Waals surface area contributed by atoms with E-state index in [0.29, 0.717) is 12.8 Å². The van der Waals surface area contributed by atoms with E-state index in [1.54, 1.807) is 0 Å². The minimum Gasteiger partial charge on any atom is -0.389 e. The molecule has 1 N–H and O–H groups in total. The summed E-state index contributed by atoms with van der Waals surface area (Å²) in [5.74, 6) is -2.18. The summed E-state index contributed by atoms with van der Waals surface area (Å²) in [7, 11) is 0. The van der Waals surface area contributed by atoms with Crippen LogP contribution in [0.25, 0.3) is 0 Å². The Hall–Kier alpha value is -2.53. The fraction of sp³-hybridized carbons (Fsp3) is 0.458. The second-order valence-corrected chi connectivity index (χ2v) is 8.65. The van der Waals surface area contributed by atoms with Gasteiger partial charge in [0.25, 0.3) is 0 Å². The molecule has 0 amide bonds. The maximum Gasteiger partial charge on any atom is 0.227 e. The maximum atomic E-state index is 12.4. The normalized spacial score (nSPS) is 34.2. The topological polar surface area (TPSA) is 80.4 Å². The van der Waals surface area contributed by atoms with Gasteiger partial charge in [-0.15, -0.1) is 0 Å². The average molecular weight is 393 g/mol. The van der Waals surface area contributed by atoms with Gasteiger partial charge in [0.15, 0.2) is 0 Å². The van der Waals surface area contributed by atoms with E-state index in [2.05, 4.69) is 0 Å². The number of hydrogen-bond acceptors (Lipinski definition) is 4. The predicted molar refractivity (Wildman–Crippen MR) is 110 cm³/mol. The summed E-state index contributed by atoms with van der Waals surface area (Å²) < 4.78 is 0. The first kappa shape index (κ1) is 19.8. The summed E-state index contributed by atoms with van der Waals surface area (Å²) in [6, 6.07) is 16.1. The number of aldehydes is 1. The van der Waals surface area contributed by atoms with Crippen molar-refractivity contribution in [2.24, 2.45) is 11.8 Å². The zero-order valence-corrected chi connectivity index (χ0v) is 16.6. The van der Waals surface area contributed by atoms with Crippen LogP contribution in [-0.2, 0) is 4.79 Å². The van der Waals surface area contributed by atoms with Gasteiger partial charge in [0.05, 0.1) is 23.4 Å². The molecule has 0 spiro atoms. The molecule has 6 atom stereocenters. The molecule has 0 saturated heterocycles. The van der Waals surface area contributed by atoms with Crippen molar-refractivity contribution in [3.8, 4) is 0 Å². The van der Waals surface area contributed by atoms with Gasteiger partial charge in [0.1, 0.15) is 6.29 Å². The standard InChI is InChI=1S/C24H27NO4/c1-16-10-12-18(13-11-16)21-19-9-5-6-14-24(19,27)20(15-26)22(23(21)25(28)29)17-7-3-2-4-8-17/h2-4,7-8,10-13,15,19-23,27H,5-6,9,14H2,1H3/t19-,20+,21-,22+,23+,24-/m0/s1. The summed E-state index contributed by atoms with van der Waals surface area (Å²) in [5, 5.41) is 24.3. The SMILES string of the molecule is Cc1ccc([C@@H]2[C@@H]([N+](=O)[O-])[C@H](c3ccccc3)[C@@H](C=O)[C@]3(O)CCCC[C@@H]23)cc1. The van der Waals surface area contributed by atoms with Crippen molar-refractivity contribution < 1.29 is 14.8 Å². The summed E-state index contributed by atoms with van der Waals surface area (Å²) >= 11 is 0. The van der Waals surface area contributed by atoms with E-state index in [1.165, 1.54) is 0 Å². The van der Waals surface area contributed by atoms with E-state index in [4.69, 9.17) is 0 Å². The smallest absolute Gasteiger partial charge is 0.227 e. The zero-order valence-electron chi connectivity index (χ0n) is 16.6. The Kier molecular flexibility index (Phi) is 5.26. The van der Waals surface area contributed by atoms with Crippen molar-refractivity contribution in [1.82, 2.24) is 0 Å². The highest BCUT2D eigenvalue weighted by atomic mass is 16.6. The molecule has 0 bridgehead atoms. The molecule has 5 heteroatoms. The number of carbonyl (C=O) groups is 1. The zero-order chi connectivity index (χ0) is 20.6. The molecule has 5 nitrogen and oxygen atoms in total. The second-order valence-electron chi connectivity index (χ2n) is 8.65. The first-order valence-electron chi connectivity index (χ1n) is 10.4. The lowest BCUT2D eigenvalue weighted by molar-refractivity contribution is -0.541. The minimum atomic E-state index is -1.22. The van der Waals surface area contributed by atoms with Crippen LogP contribution in [0.15, 0.2) is 54.6 Å². The van der Waals surface area contributed by atoms with E-state index in [-0.39, 0.29) is 10.8 Å². The summed E-state index contributed by atoms with van der Waals surface area (Å²) in [6.45, 7) is 1.99. The first-order valence-corrected chi connectivity index (χ1v) is 10.4. The fourth-order valence-electron chi connectivity index (χ4n) is 5.86. The van der Waals surface area contributed by atoms with Crippen LogP contribution < -0.4 is 0 Å². The number of nitro groups is 1. The number of carbonyl (C=O) groups excluding carboxylic acids is 1. The number of nitrogens with zero attached hydrogens (tertiary/aromatic N) is 1. The average Bonchev–Trinajstić information content (AvgIpc) is 2.73. The van der Waals surface area contributed by atoms with Crippen molar-refractivity contribution in [2.45, 2.75) is 56.1 Å². The van der Waals surface area contributed by atoms with Crippen molar-refractivity contribution >= 4 is 6.29 Å². The van der Waals surface area contributed by atoms with Gasteiger partial charge in [0, 0.05) is 10.8 Å². The monoisotopic (exact) mass is 393 g/mol. The fourth-order valence-corrected chi connectivity index (χ4v) is 5.86. The van der Waals surface area contributed by atoms with Crippen LogP contribution in [0.2, 0.25) is 0 Å². The van der Waals surface area contributed by atoms with Crippen LogP contribution in [0.3, 0.4) is 0 Å². The predicted octanol–water partition coefficient (Wildman–Crippen LogP) is 4.26. The lowest BCUT2D eigenvalue weighted by atomic mass is 9.51. The largest absolute Gasteiger partial charge is 0.389 e. The molecule has 2 fully saturated rings. The highest BCUT2D eigenvalue weighted by Crippen LogP contribution is 2.58. The van der Waals surface area contributed by atoms with Crippen LogP contribution in [0, 0.1) is 28.9 Å². The van der Waals surface area contributed by atoms with Gasteiger partial charge in [-0.05, 0) is 30.9 Å². The Morgan fingerprint density at radius 3 is 2.31 bits per heavy atom. The second kappa shape index (κ2) is 7.71. The van der Waals surface area contributed by atoms with Crippen LogP contribution in [0.5, 0.6) is 0 Å². The summed E-state index contributed by atoms with van der Waals surface area (Å²) in [4.78, 5) is 24.5. The van der Waals surface area contributed by atoms with Gasteiger partial charge < -0.3 is 9.90 Å². The Morgan fingerprint density at radius 1 is 1.03 bits per heavy atom. The number of benzene rings is 2. The number of hydrogen-bond donors (Lipinski definition) is 1. The van der Waals surface area contributed by atoms with Gasteiger partial charge in [-0.25, -0.2) is 0 Å². The quantitative estimate of drug-likeness (QED) is 0.478. The summed E-state index contributed by atoms with van der Waals surface area (Å²) in [5.41, 5.74) is 1.50. The minimum absolute atomic E-state index is 0.215. The molecule has 0 heterocycles. The number of fused-ring (bicyclic) bond motifs is 1. The third kappa shape index (κ3) is 3.27. The molecular weight excluding hydrogens is 366 g/mol. The highest BCUT2D eigenvalue weighted by molar-refractivity contribution is 5.60. The maximum absolute atomic E-state index is 12.4. The lowest BCUT2D eigenvalue weighted by Crippen LogP contribution is -2.61. The van der Waals surface area contributed by atoms with Crippen molar-refractivity contribution in [3.05, 3.63) is 81.4 Å². The molecule has 2 saturated carbocycles. The van der Waals surface area contributed by atoms with Crippen LogP contribution >= 0.6 is 0 Å². The molecule has 4 rings (SSSR count). The van der Waals surface area contributed by atoms with Crippen LogP contribution in [0.1, 0.15) is 54.2 Å². The molecule has 0 aromatic heterocycles. The van der Waals surface area contributed by atoms with Crippen LogP contribution in [-0.4, -0.2) is 28.0 Å². The van der Waals surface area contributed by atoms with Crippen molar-refractivity contribution in [1.29, 1.82) is 0 Å². The Labute approximate surface area is 170 Å². The molecule has 2 aromatic carbocycles.